The average Bonchev–Trinajstić information content (AvgIpc) is 2.97. The molecule has 0 atom stereocenters. The van der Waals surface area contributed by atoms with Crippen molar-refractivity contribution in [3.8, 4) is 17.2 Å². The first-order chi connectivity index (χ1) is 9.62. The average molecular weight is 275 g/mol. The van der Waals surface area contributed by atoms with Gasteiger partial charge in [-0.05, 0) is 26.0 Å². The number of para-hydroxylation sites is 1. The molecule has 2 heterocycles. The maximum atomic E-state index is 5.71. The zero-order valence-electron chi connectivity index (χ0n) is 11.8. The van der Waals surface area contributed by atoms with Crippen LogP contribution in [0, 0.1) is 0 Å². The van der Waals surface area contributed by atoms with Gasteiger partial charge in [0.25, 0.3) is 5.89 Å². The first-order valence-corrected chi connectivity index (χ1v) is 6.51. The molecule has 0 bridgehead atoms. The van der Waals surface area contributed by atoms with Crippen molar-refractivity contribution in [1.29, 1.82) is 0 Å². The molecule has 6 heteroatoms. The molecule has 0 fully saturated rings. The fourth-order valence-electron chi connectivity index (χ4n) is 2.01. The third kappa shape index (κ3) is 2.12. The number of aromatic nitrogens is 2. The number of hydrogen-bond donors (Lipinski definition) is 1. The third-order valence-corrected chi connectivity index (χ3v) is 3.38. The highest BCUT2D eigenvalue weighted by atomic mass is 16.5. The Kier molecular flexibility index (Phi) is 3.10. The highest BCUT2D eigenvalue weighted by molar-refractivity contribution is 5.74. The zero-order valence-corrected chi connectivity index (χ0v) is 11.8. The van der Waals surface area contributed by atoms with Gasteiger partial charge in [0.15, 0.2) is 5.75 Å². The highest BCUT2D eigenvalue weighted by Crippen LogP contribution is 2.37. The molecular weight excluding hydrogens is 258 g/mol. The van der Waals surface area contributed by atoms with Crippen LogP contribution in [0.2, 0.25) is 0 Å². The van der Waals surface area contributed by atoms with Gasteiger partial charge in [0.1, 0.15) is 12.2 Å². The van der Waals surface area contributed by atoms with E-state index in [-0.39, 0.29) is 0 Å². The SMILES string of the molecule is COC(C)(C)c1noc(-c2cccc3c2OCCN3)n1. The summed E-state index contributed by atoms with van der Waals surface area (Å²) in [6.45, 7) is 5.19. The van der Waals surface area contributed by atoms with E-state index in [4.69, 9.17) is 14.0 Å². The summed E-state index contributed by atoms with van der Waals surface area (Å²) in [6, 6.07) is 5.80. The molecule has 3 rings (SSSR count). The van der Waals surface area contributed by atoms with Crippen molar-refractivity contribution in [1.82, 2.24) is 10.1 Å². The Balaban J connectivity index is 2.02. The quantitative estimate of drug-likeness (QED) is 0.927. The topological polar surface area (TPSA) is 69.4 Å². The van der Waals surface area contributed by atoms with E-state index in [0.29, 0.717) is 18.3 Å². The number of rotatable bonds is 3. The molecule has 1 aliphatic rings. The number of fused-ring (bicyclic) bond motifs is 1. The third-order valence-electron chi connectivity index (χ3n) is 3.38. The largest absolute Gasteiger partial charge is 0.489 e. The first kappa shape index (κ1) is 12.9. The number of benzene rings is 1. The predicted octanol–water partition coefficient (Wildman–Crippen LogP) is 2.42. The van der Waals surface area contributed by atoms with Crippen LogP contribution in [-0.2, 0) is 10.3 Å². The van der Waals surface area contributed by atoms with Gasteiger partial charge >= 0.3 is 0 Å². The van der Waals surface area contributed by atoms with Crippen LogP contribution in [0.25, 0.3) is 11.5 Å². The molecular formula is C14H17N3O3. The van der Waals surface area contributed by atoms with Crippen molar-refractivity contribution in [3.05, 3.63) is 24.0 Å². The summed E-state index contributed by atoms with van der Waals surface area (Å²) in [5.41, 5.74) is 1.15. The van der Waals surface area contributed by atoms with Crippen LogP contribution in [0.5, 0.6) is 5.75 Å². The van der Waals surface area contributed by atoms with Crippen molar-refractivity contribution in [2.75, 3.05) is 25.6 Å². The van der Waals surface area contributed by atoms with Crippen molar-refractivity contribution >= 4 is 5.69 Å². The normalized spacial score (nSPS) is 14.3. The van der Waals surface area contributed by atoms with Gasteiger partial charge in [0, 0.05) is 13.7 Å². The molecule has 106 valence electrons. The Morgan fingerprint density at radius 2 is 2.20 bits per heavy atom. The second-order valence-electron chi connectivity index (χ2n) is 5.10. The number of nitrogens with one attached hydrogen (secondary N) is 1. The van der Waals surface area contributed by atoms with Crippen molar-refractivity contribution in [3.63, 3.8) is 0 Å². The smallest absolute Gasteiger partial charge is 0.261 e. The molecule has 2 aromatic rings. The summed E-state index contributed by atoms with van der Waals surface area (Å²) in [5, 5.41) is 7.28. The van der Waals surface area contributed by atoms with E-state index in [2.05, 4.69) is 15.5 Å². The van der Waals surface area contributed by atoms with E-state index in [1.54, 1.807) is 7.11 Å². The van der Waals surface area contributed by atoms with E-state index < -0.39 is 5.60 Å². The van der Waals surface area contributed by atoms with E-state index in [0.717, 1.165) is 23.5 Å². The van der Waals surface area contributed by atoms with Crippen LogP contribution in [0.4, 0.5) is 5.69 Å². The van der Waals surface area contributed by atoms with Crippen LogP contribution >= 0.6 is 0 Å². The van der Waals surface area contributed by atoms with Crippen molar-refractivity contribution in [2.24, 2.45) is 0 Å². The van der Waals surface area contributed by atoms with Gasteiger partial charge in [-0.3, -0.25) is 0 Å². The summed E-state index contributed by atoms with van der Waals surface area (Å²) in [6.07, 6.45) is 0. The van der Waals surface area contributed by atoms with Crippen LogP contribution in [0.1, 0.15) is 19.7 Å². The summed E-state index contributed by atoms with van der Waals surface area (Å²) in [4.78, 5) is 4.42. The Hall–Kier alpha value is -2.08. The minimum atomic E-state index is -0.588. The Labute approximate surface area is 117 Å². The van der Waals surface area contributed by atoms with Gasteiger partial charge < -0.3 is 19.3 Å². The summed E-state index contributed by atoms with van der Waals surface area (Å²) in [5.74, 6) is 1.70. The lowest BCUT2D eigenvalue weighted by molar-refractivity contribution is 0.00973. The summed E-state index contributed by atoms with van der Waals surface area (Å²) < 4.78 is 16.4. The summed E-state index contributed by atoms with van der Waals surface area (Å²) >= 11 is 0. The van der Waals surface area contributed by atoms with Gasteiger partial charge in [-0.25, -0.2) is 0 Å². The molecule has 20 heavy (non-hydrogen) atoms. The Morgan fingerprint density at radius 3 is 3.00 bits per heavy atom. The minimum Gasteiger partial charge on any atom is -0.489 e. The molecule has 0 saturated heterocycles. The molecule has 0 aliphatic carbocycles. The fraction of sp³-hybridized carbons (Fsp3) is 0.429. The van der Waals surface area contributed by atoms with Crippen LogP contribution in [0.3, 0.4) is 0 Å². The van der Waals surface area contributed by atoms with Gasteiger partial charge in [-0.2, -0.15) is 4.98 Å². The van der Waals surface area contributed by atoms with E-state index in [1.807, 2.05) is 32.0 Å². The van der Waals surface area contributed by atoms with Crippen LogP contribution < -0.4 is 10.1 Å². The molecule has 1 aliphatic heterocycles. The molecule has 1 N–H and O–H groups in total. The lowest BCUT2D eigenvalue weighted by Crippen LogP contribution is -2.21. The maximum Gasteiger partial charge on any atom is 0.261 e. The molecule has 6 nitrogen and oxygen atoms in total. The molecule has 0 unspecified atom stereocenters. The molecule has 1 aromatic heterocycles. The molecule has 0 amide bonds. The number of nitrogens with zero attached hydrogens (tertiary/aromatic N) is 2. The van der Waals surface area contributed by atoms with Gasteiger partial charge in [-0.1, -0.05) is 11.2 Å². The minimum absolute atomic E-state index is 0.436. The van der Waals surface area contributed by atoms with Gasteiger partial charge in [-0.15, -0.1) is 0 Å². The molecule has 1 aromatic carbocycles. The fourth-order valence-corrected chi connectivity index (χ4v) is 2.01. The highest BCUT2D eigenvalue weighted by Gasteiger charge is 2.28. The first-order valence-electron chi connectivity index (χ1n) is 6.51. The molecule has 0 saturated carbocycles. The lowest BCUT2D eigenvalue weighted by atomic mass is 10.1. The van der Waals surface area contributed by atoms with E-state index >= 15 is 0 Å². The van der Waals surface area contributed by atoms with Crippen molar-refractivity contribution in [2.45, 2.75) is 19.4 Å². The van der Waals surface area contributed by atoms with Gasteiger partial charge in [0.2, 0.25) is 5.82 Å². The monoisotopic (exact) mass is 275 g/mol. The van der Waals surface area contributed by atoms with Gasteiger partial charge in [0.05, 0.1) is 11.3 Å². The lowest BCUT2D eigenvalue weighted by Gasteiger charge is -2.20. The number of ether oxygens (including phenoxy) is 2. The van der Waals surface area contributed by atoms with Crippen LogP contribution in [0.15, 0.2) is 22.7 Å². The van der Waals surface area contributed by atoms with E-state index in [9.17, 15) is 0 Å². The van der Waals surface area contributed by atoms with E-state index in [1.165, 1.54) is 0 Å². The second kappa shape index (κ2) is 4.79. The number of anilines is 1. The molecule has 0 spiro atoms. The zero-order chi connectivity index (χ0) is 14.2. The van der Waals surface area contributed by atoms with Crippen LogP contribution in [-0.4, -0.2) is 30.4 Å². The standard InChI is InChI=1S/C14H17N3O3/c1-14(2,18-3)13-16-12(20-17-13)9-5-4-6-10-11(9)19-8-7-15-10/h4-6,15H,7-8H2,1-3H3. The number of hydrogen-bond acceptors (Lipinski definition) is 6. The summed E-state index contributed by atoms with van der Waals surface area (Å²) in [7, 11) is 1.62. The Bertz CT molecular complexity index is 622. The molecule has 0 radical (unpaired) electrons. The predicted molar refractivity (Wildman–Crippen MR) is 73.8 cm³/mol. The number of methoxy groups -OCH3 is 1. The maximum absolute atomic E-state index is 5.71. The van der Waals surface area contributed by atoms with Crippen molar-refractivity contribution < 1.29 is 14.0 Å². The Morgan fingerprint density at radius 1 is 1.35 bits per heavy atom. The second-order valence-corrected chi connectivity index (χ2v) is 5.10.